The van der Waals surface area contributed by atoms with Crippen molar-refractivity contribution in [2.24, 2.45) is 0 Å². The van der Waals surface area contributed by atoms with Gasteiger partial charge in [0, 0.05) is 20.1 Å². The molecule has 0 spiro atoms. The molecular formula is C22H26N2O5S. The van der Waals surface area contributed by atoms with Crippen molar-refractivity contribution in [1.29, 1.82) is 0 Å². The lowest BCUT2D eigenvalue weighted by Crippen LogP contribution is -2.35. The zero-order valence-electron chi connectivity index (χ0n) is 17.0. The molecule has 0 radical (unpaired) electrons. The Hall–Kier alpha value is -2.87. The predicted molar refractivity (Wildman–Crippen MR) is 114 cm³/mol. The van der Waals surface area contributed by atoms with Crippen molar-refractivity contribution in [3.8, 4) is 0 Å². The maximum atomic E-state index is 12.8. The number of carbonyl (C=O) groups is 2. The quantitative estimate of drug-likeness (QED) is 0.658. The summed E-state index contributed by atoms with van der Waals surface area (Å²) in [4.78, 5) is 26.3. The molecule has 1 aliphatic rings. The molecule has 2 aromatic carbocycles. The lowest BCUT2D eigenvalue weighted by Gasteiger charge is -2.20. The fourth-order valence-corrected chi connectivity index (χ4v) is 4.52. The summed E-state index contributed by atoms with van der Waals surface area (Å²) in [6.45, 7) is 1.07. The Labute approximate surface area is 177 Å². The van der Waals surface area contributed by atoms with E-state index in [1.165, 1.54) is 35.6 Å². The van der Waals surface area contributed by atoms with Gasteiger partial charge in [0.15, 0.2) is 6.61 Å². The summed E-state index contributed by atoms with van der Waals surface area (Å²) in [5.41, 5.74) is 0.730. The first-order valence-electron chi connectivity index (χ1n) is 9.98. The SMILES string of the molecule is CN(c1ccccc1)S(=O)(=O)c1ccc(C(=O)OCC(=O)N2CCCCCC2)cc1. The second-order valence-corrected chi connectivity index (χ2v) is 9.17. The second-order valence-electron chi connectivity index (χ2n) is 7.20. The maximum absolute atomic E-state index is 12.8. The lowest BCUT2D eigenvalue weighted by atomic mass is 10.2. The first-order valence-corrected chi connectivity index (χ1v) is 11.4. The Kier molecular flexibility index (Phi) is 7.10. The fraction of sp³-hybridized carbons (Fsp3) is 0.364. The lowest BCUT2D eigenvalue weighted by molar-refractivity contribution is -0.134. The highest BCUT2D eigenvalue weighted by atomic mass is 32.2. The molecule has 0 atom stereocenters. The van der Waals surface area contributed by atoms with Crippen LogP contribution in [0.4, 0.5) is 5.69 Å². The molecule has 1 amide bonds. The van der Waals surface area contributed by atoms with Crippen LogP contribution in [0.3, 0.4) is 0 Å². The molecule has 1 fully saturated rings. The first kappa shape index (κ1) is 21.8. The normalized spacial score (nSPS) is 14.6. The van der Waals surface area contributed by atoms with E-state index in [2.05, 4.69) is 0 Å². The fourth-order valence-electron chi connectivity index (χ4n) is 3.32. The molecule has 160 valence electrons. The number of benzene rings is 2. The van der Waals surface area contributed by atoms with Crippen LogP contribution in [-0.2, 0) is 19.6 Å². The van der Waals surface area contributed by atoms with Gasteiger partial charge in [-0.25, -0.2) is 13.2 Å². The van der Waals surface area contributed by atoms with Crippen LogP contribution in [0.5, 0.6) is 0 Å². The van der Waals surface area contributed by atoms with Gasteiger partial charge < -0.3 is 9.64 Å². The topological polar surface area (TPSA) is 84.0 Å². The summed E-state index contributed by atoms with van der Waals surface area (Å²) in [6, 6.07) is 14.2. The van der Waals surface area contributed by atoms with Crippen molar-refractivity contribution in [2.45, 2.75) is 30.6 Å². The third-order valence-electron chi connectivity index (χ3n) is 5.15. The van der Waals surface area contributed by atoms with Gasteiger partial charge in [0.2, 0.25) is 0 Å². The van der Waals surface area contributed by atoms with Crippen LogP contribution >= 0.6 is 0 Å². The minimum absolute atomic E-state index is 0.0612. The van der Waals surface area contributed by atoms with Gasteiger partial charge in [-0.15, -0.1) is 0 Å². The van der Waals surface area contributed by atoms with Crippen LogP contribution in [0.15, 0.2) is 59.5 Å². The maximum Gasteiger partial charge on any atom is 0.338 e. The number of rotatable bonds is 6. The van der Waals surface area contributed by atoms with Gasteiger partial charge in [-0.3, -0.25) is 9.10 Å². The van der Waals surface area contributed by atoms with Gasteiger partial charge in [0.25, 0.3) is 15.9 Å². The Morgan fingerprint density at radius 3 is 2.13 bits per heavy atom. The van der Waals surface area contributed by atoms with Crippen molar-refractivity contribution in [1.82, 2.24) is 4.90 Å². The van der Waals surface area contributed by atoms with Crippen LogP contribution in [0.2, 0.25) is 0 Å². The van der Waals surface area contributed by atoms with E-state index in [-0.39, 0.29) is 23.0 Å². The van der Waals surface area contributed by atoms with E-state index >= 15 is 0 Å². The van der Waals surface area contributed by atoms with Crippen LogP contribution < -0.4 is 4.31 Å². The van der Waals surface area contributed by atoms with E-state index in [9.17, 15) is 18.0 Å². The summed E-state index contributed by atoms with van der Waals surface area (Å²) < 4.78 is 31.9. The Morgan fingerprint density at radius 1 is 0.933 bits per heavy atom. The highest BCUT2D eigenvalue weighted by Gasteiger charge is 2.22. The monoisotopic (exact) mass is 430 g/mol. The molecule has 0 aliphatic carbocycles. The van der Waals surface area contributed by atoms with Crippen LogP contribution in [-0.4, -0.2) is 51.9 Å². The zero-order valence-corrected chi connectivity index (χ0v) is 17.8. The average Bonchev–Trinajstić information content (AvgIpc) is 3.07. The number of carbonyl (C=O) groups excluding carboxylic acids is 2. The number of hydrogen-bond donors (Lipinski definition) is 0. The van der Waals surface area contributed by atoms with E-state index < -0.39 is 16.0 Å². The summed E-state index contributed by atoms with van der Waals surface area (Å²) in [5, 5.41) is 0. The highest BCUT2D eigenvalue weighted by Crippen LogP contribution is 2.22. The summed E-state index contributed by atoms with van der Waals surface area (Å²) in [6.07, 6.45) is 4.15. The second kappa shape index (κ2) is 9.75. The Morgan fingerprint density at radius 2 is 1.53 bits per heavy atom. The molecule has 2 aromatic rings. The van der Waals surface area contributed by atoms with Gasteiger partial charge in [-0.1, -0.05) is 31.0 Å². The summed E-state index contributed by atoms with van der Waals surface area (Å²) in [5.74, 6) is -0.854. The molecule has 8 heteroatoms. The molecule has 30 heavy (non-hydrogen) atoms. The molecule has 3 rings (SSSR count). The molecule has 7 nitrogen and oxygen atoms in total. The summed E-state index contributed by atoms with van der Waals surface area (Å²) >= 11 is 0. The van der Waals surface area contributed by atoms with Crippen LogP contribution in [0.25, 0.3) is 0 Å². The number of sulfonamides is 1. The van der Waals surface area contributed by atoms with E-state index in [0.717, 1.165) is 25.7 Å². The van der Waals surface area contributed by atoms with Gasteiger partial charge in [0.05, 0.1) is 16.1 Å². The average molecular weight is 431 g/mol. The molecule has 0 aromatic heterocycles. The highest BCUT2D eigenvalue weighted by molar-refractivity contribution is 7.92. The molecule has 0 saturated carbocycles. The largest absolute Gasteiger partial charge is 0.452 e. The Balaban J connectivity index is 1.62. The van der Waals surface area contributed by atoms with Crippen molar-refractivity contribution in [3.63, 3.8) is 0 Å². The molecule has 1 saturated heterocycles. The zero-order chi connectivity index (χ0) is 21.6. The molecule has 0 unspecified atom stereocenters. The van der Waals surface area contributed by atoms with Crippen LogP contribution in [0, 0.1) is 0 Å². The first-order chi connectivity index (χ1) is 14.4. The third-order valence-corrected chi connectivity index (χ3v) is 6.95. The third kappa shape index (κ3) is 5.18. The van der Waals surface area contributed by atoms with Gasteiger partial charge in [0.1, 0.15) is 0 Å². The number of likely N-dealkylation sites (tertiary alicyclic amines) is 1. The number of para-hydroxylation sites is 1. The van der Waals surface area contributed by atoms with Crippen molar-refractivity contribution < 1.29 is 22.7 Å². The summed E-state index contributed by atoms with van der Waals surface area (Å²) in [7, 11) is -2.28. The van der Waals surface area contributed by atoms with E-state index in [4.69, 9.17) is 4.74 Å². The van der Waals surface area contributed by atoms with Crippen molar-refractivity contribution >= 4 is 27.6 Å². The van der Waals surface area contributed by atoms with Gasteiger partial charge in [-0.2, -0.15) is 0 Å². The molecular weight excluding hydrogens is 404 g/mol. The standard InChI is InChI=1S/C22H26N2O5S/c1-23(19-9-5-4-6-10-19)30(27,28)20-13-11-18(12-14-20)22(26)29-17-21(25)24-15-7-2-3-8-16-24/h4-6,9-14H,2-3,7-8,15-17H2,1H3. The van der Waals surface area contributed by atoms with E-state index in [1.807, 2.05) is 6.07 Å². The van der Waals surface area contributed by atoms with Crippen molar-refractivity contribution in [2.75, 3.05) is 31.0 Å². The minimum Gasteiger partial charge on any atom is -0.452 e. The molecule has 1 aliphatic heterocycles. The Bertz CT molecular complexity index is 966. The molecule has 0 bridgehead atoms. The predicted octanol–water partition coefficient (Wildman–Crippen LogP) is 3.07. The van der Waals surface area contributed by atoms with E-state index in [1.54, 1.807) is 29.2 Å². The number of anilines is 1. The number of nitrogens with zero attached hydrogens (tertiary/aromatic N) is 2. The molecule has 1 heterocycles. The number of esters is 1. The van der Waals surface area contributed by atoms with Gasteiger partial charge in [-0.05, 0) is 49.2 Å². The minimum atomic E-state index is -3.76. The van der Waals surface area contributed by atoms with Crippen LogP contribution in [0.1, 0.15) is 36.0 Å². The van der Waals surface area contributed by atoms with E-state index in [0.29, 0.717) is 18.8 Å². The smallest absolute Gasteiger partial charge is 0.338 e. The number of hydrogen-bond acceptors (Lipinski definition) is 5. The number of ether oxygens (including phenoxy) is 1. The van der Waals surface area contributed by atoms with Crippen molar-refractivity contribution in [3.05, 3.63) is 60.2 Å². The van der Waals surface area contributed by atoms with Gasteiger partial charge >= 0.3 is 5.97 Å². The number of amides is 1. The molecule has 0 N–H and O–H groups in total.